The Morgan fingerprint density at radius 1 is 1.31 bits per heavy atom. The van der Waals surface area contributed by atoms with Crippen molar-refractivity contribution in [1.82, 2.24) is 14.8 Å². The lowest BCUT2D eigenvalue weighted by molar-refractivity contribution is -0.143. The van der Waals surface area contributed by atoms with E-state index in [9.17, 15) is 14.4 Å². The van der Waals surface area contributed by atoms with Crippen LogP contribution in [0.5, 0.6) is 0 Å². The molecule has 0 unspecified atom stereocenters. The van der Waals surface area contributed by atoms with E-state index < -0.39 is 11.9 Å². The van der Waals surface area contributed by atoms with Gasteiger partial charge in [0.15, 0.2) is 0 Å². The smallest absolute Gasteiger partial charge is 0.329 e. The number of ether oxygens (including phenoxy) is 1. The Labute approximate surface area is 150 Å². The molecular formula is C19H19N3O4. The first-order valence-electron chi connectivity index (χ1n) is 8.24. The SMILES string of the molecule is C=CCN1C(=O)N/C(=C/c2cn(CC(=O)OCC)c3ccccc23)C1=O. The molecule has 0 radical (unpaired) electrons. The second kappa shape index (κ2) is 7.26. The summed E-state index contributed by atoms with van der Waals surface area (Å²) in [6.07, 6.45) is 4.88. The number of nitrogens with one attached hydrogen (secondary N) is 1. The van der Waals surface area contributed by atoms with Gasteiger partial charge in [0.1, 0.15) is 12.2 Å². The van der Waals surface area contributed by atoms with Crippen LogP contribution in [0, 0.1) is 0 Å². The van der Waals surface area contributed by atoms with E-state index >= 15 is 0 Å². The number of amides is 3. The van der Waals surface area contributed by atoms with Crippen molar-refractivity contribution in [2.75, 3.05) is 13.2 Å². The topological polar surface area (TPSA) is 80.6 Å². The molecule has 1 aromatic carbocycles. The van der Waals surface area contributed by atoms with Crippen molar-refractivity contribution in [3.63, 3.8) is 0 Å². The zero-order valence-electron chi connectivity index (χ0n) is 14.4. The van der Waals surface area contributed by atoms with Crippen molar-refractivity contribution in [1.29, 1.82) is 0 Å². The third kappa shape index (κ3) is 3.23. The van der Waals surface area contributed by atoms with Gasteiger partial charge in [0.2, 0.25) is 0 Å². The summed E-state index contributed by atoms with van der Waals surface area (Å²) in [5.41, 5.74) is 1.76. The maximum absolute atomic E-state index is 12.4. The van der Waals surface area contributed by atoms with E-state index in [4.69, 9.17) is 4.74 Å². The molecule has 1 saturated heterocycles. The number of fused-ring (bicyclic) bond motifs is 1. The maximum Gasteiger partial charge on any atom is 0.329 e. The molecule has 0 atom stereocenters. The standard InChI is InChI=1S/C19H19N3O4/c1-3-9-22-18(24)15(20-19(22)25)10-13-11-21(12-17(23)26-4-2)16-8-6-5-7-14(13)16/h3,5-8,10-11H,1,4,9,12H2,2H3,(H,20,25)/b15-10+. The molecule has 1 aliphatic heterocycles. The predicted octanol–water partition coefficient (Wildman–Crippen LogP) is 2.28. The summed E-state index contributed by atoms with van der Waals surface area (Å²) < 4.78 is 6.77. The molecule has 2 heterocycles. The Hall–Kier alpha value is -3.35. The van der Waals surface area contributed by atoms with Gasteiger partial charge in [-0.25, -0.2) is 4.79 Å². The van der Waals surface area contributed by atoms with Gasteiger partial charge in [-0.1, -0.05) is 24.3 Å². The number of benzene rings is 1. The summed E-state index contributed by atoms with van der Waals surface area (Å²) in [6, 6.07) is 7.05. The van der Waals surface area contributed by atoms with Gasteiger partial charge in [-0.3, -0.25) is 14.5 Å². The van der Waals surface area contributed by atoms with Crippen LogP contribution in [-0.4, -0.2) is 40.5 Å². The monoisotopic (exact) mass is 353 g/mol. The Kier molecular flexibility index (Phi) is 4.88. The van der Waals surface area contributed by atoms with Crippen LogP contribution >= 0.6 is 0 Å². The Morgan fingerprint density at radius 3 is 2.81 bits per heavy atom. The van der Waals surface area contributed by atoms with E-state index in [1.54, 1.807) is 23.8 Å². The minimum absolute atomic E-state index is 0.0699. The summed E-state index contributed by atoms with van der Waals surface area (Å²) in [6.45, 7) is 5.83. The van der Waals surface area contributed by atoms with Gasteiger partial charge in [-0.2, -0.15) is 0 Å². The largest absolute Gasteiger partial charge is 0.465 e. The van der Waals surface area contributed by atoms with E-state index in [2.05, 4.69) is 11.9 Å². The molecule has 0 aliphatic carbocycles. The van der Waals surface area contributed by atoms with Gasteiger partial charge in [0.25, 0.3) is 5.91 Å². The zero-order valence-corrected chi connectivity index (χ0v) is 14.4. The molecule has 1 fully saturated rings. The highest BCUT2D eigenvalue weighted by Gasteiger charge is 2.32. The Morgan fingerprint density at radius 2 is 2.08 bits per heavy atom. The van der Waals surface area contributed by atoms with Crippen molar-refractivity contribution >= 4 is 34.9 Å². The zero-order chi connectivity index (χ0) is 18.7. The molecule has 3 amide bonds. The van der Waals surface area contributed by atoms with Crippen LogP contribution in [0.15, 0.2) is 48.8 Å². The number of carbonyl (C=O) groups is 3. The van der Waals surface area contributed by atoms with Crippen LogP contribution in [0.3, 0.4) is 0 Å². The molecule has 1 N–H and O–H groups in total. The number of hydrogen-bond acceptors (Lipinski definition) is 4. The first kappa shape index (κ1) is 17.5. The minimum atomic E-state index is -0.476. The van der Waals surface area contributed by atoms with E-state index in [0.29, 0.717) is 6.61 Å². The number of para-hydroxylation sites is 1. The molecule has 7 heteroatoms. The lowest BCUT2D eigenvalue weighted by atomic mass is 10.1. The average Bonchev–Trinajstić information content (AvgIpc) is 3.08. The fourth-order valence-electron chi connectivity index (χ4n) is 2.89. The number of urea groups is 1. The number of carbonyl (C=O) groups excluding carboxylic acids is 3. The molecule has 134 valence electrons. The maximum atomic E-state index is 12.4. The van der Waals surface area contributed by atoms with Crippen LogP contribution in [-0.2, 0) is 20.9 Å². The fourth-order valence-corrected chi connectivity index (χ4v) is 2.89. The number of hydrogen-bond donors (Lipinski definition) is 1. The van der Waals surface area contributed by atoms with Crippen LogP contribution in [0.4, 0.5) is 4.79 Å². The molecule has 1 aromatic heterocycles. The molecule has 3 rings (SSSR count). The van der Waals surface area contributed by atoms with Crippen molar-refractivity contribution in [3.8, 4) is 0 Å². The molecule has 0 saturated carbocycles. The van der Waals surface area contributed by atoms with E-state index in [0.717, 1.165) is 21.4 Å². The van der Waals surface area contributed by atoms with Crippen LogP contribution in [0.1, 0.15) is 12.5 Å². The van der Waals surface area contributed by atoms with Gasteiger partial charge < -0.3 is 14.6 Å². The first-order valence-corrected chi connectivity index (χ1v) is 8.24. The number of rotatable bonds is 6. The summed E-state index contributed by atoms with van der Waals surface area (Å²) in [5, 5.41) is 3.44. The van der Waals surface area contributed by atoms with Crippen molar-refractivity contribution < 1.29 is 19.1 Å². The molecule has 7 nitrogen and oxygen atoms in total. The highest BCUT2D eigenvalue weighted by molar-refractivity contribution is 6.14. The van der Waals surface area contributed by atoms with Crippen molar-refractivity contribution in [2.24, 2.45) is 0 Å². The lowest BCUT2D eigenvalue weighted by Gasteiger charge is -2.06. The highest BCUT2D eigenvalue weighted by Crippen LogP contribution is 2.24. The lowest BCUT2D eigenvalue weighted by Crippen LogP contribution is -2.30. The van der Waals surface area contributed by atoms with Crippen molar-refractivity contribution in [3.05, 3.63) is 54.4 Å². The average molecular weight is 353 g/mol. The van der Waals surface area contributed by atoms with Crippen LogP contribution in [0.2, 0.25) is 0 Å². The van der Waals surface area contributed by atoms with E-state index in [1.807, 2.05) is 24.3 Å². The molecule has 26 heavy (non-hydrogen) atoms. The molecule has 0 bridgehead atoms. The van der Waals surface area contributed by atoms with Gasteiger partial charge in [0, 0.05) is 29.2 Å². The van der Waals surface area contributed by atoms with Crippen LogP contribution < -0.4 is 5.32 Å². The summed E-state index contributed by atoms with van der Waals surface area (Å²) in [7, 11) is 0. The van der Waals surface area contributed by atoms with E-state index in [-0.39, 0.29) is 24.8 Å². The number of nitrogens with zero attached hydrogens (tertiary/aromatic N) is 2. The first-order chi connectivity index (χ1) is 12.5. The number of esters is 1. The van der Waals surface area contributed by atoms with Gasteiger partial charge in [-0.05, 0) is 19.1 Å². The van der Waals surface area contributed by atoms with Gasteiger partial charge in [0.05, 0.1) is 6.61 Å². The van der Waals surface area contributed by atoms with Crippen LogP contribution in [0.25, 0.3) is 17.0 Å². The van der Waals surface area contributed by atoms with Gasteiger partial charge >= 0.3 is 12.0 Å². The van der Waals surface area contributed by atoms with Crippen molar-refractivity contribution in [2.45, 2.75) is 13.5 Å². The summed E-state index contributed by atoms with van der Waals surface area (Å²) >= 11 is 0. The summed E-state index contributed by atoms with van der Waals surface area (Å²) in [5.74, 6) is -0.744. The fraction of sp³-hybridized carbons (Fsp3) is 0.211. The molecule has 2 aromatic rings. The second-order valence-corrected chi connectivity index (χ2v) is 5.73. The highest BCUT2D eigenvalue weighted by atomic mass is 16.5. The predicted molar refractivity (Wildman–Crippen MR) is 97.0 cm³/mol. The molecule has 1 aliphatic rings. The third-order valence-electron chi connectivity index (χ3n) is 4.00. The second-order valence-electron chi connectivity index (χ2n) is 5.73. The number of aromatic nitrogens is 1. The molecular weight excluding hydrogens is 334 g/mol. The minimum Gasteiger partial charge on any atom is -0.465 e. The van der Waals surface area contributed by atoms with E-state index in [1.165, 1.54) is 6.08 Å². The molecule has 0 spiro atoms. The van der Waals surface area contributed by atoms with Gasteiger partial charge in [-0.15, -0.1) is 6.58 Å². The Bertz CT molecular complexity index is 926. The normalized spacial score (nSPS) is 15.6. The third-order valence-corrected chi connectivity index (χ3v) is 4.00. The number of imide groups is 1. The quantitative estimate of drug-likeness (QED) is 0.374. The summed E-state index contributed by atoms with van der Waals surface area (Å²) in [4.78, 5) is 37.2. The Balaban J connectivity index is 1.98.